The Morgan fingerprint density at radius 3 is 2.12 bits per heavy atom. The molecule has 0 aliphatic heterocycles. The molecule has 2 N–H and O–H groups in total. The van der Waals surface area contributed by atoms with Crippen LogP contribution < -0.4 is 10.0 Å². The molecule has 0 aromatic heterocycles. The van der Waals surface area contributed by atoms with E-state index in [1.807, 2.05) is 67.6 Å². The van der Waals surface area contributed by atoms with E-state index in [2.05, 4.69) is 10.0 Å². The van der Waals surface area contributed by atoms with Crippen LogP contribution >= 0.6 is 0 Å². The topological polar surface area (TPSA) is 95.6 Å². The molecule has 0 aliphatic rings. The van der Waals surface area contributed by atoms with Crippen LogP contribution in [0.15, 0.2) is 83.8 Å². The van der Waals surface area contributed by atoms with Crippen LogP contribution in [0.4, 0.5) is 0 Å². The van der Waals surface area contributed by atoms with E-state index in [9.17, 15) is 18.0 Å². The van der Waals surface area contributed by atoms with Crippen molar-refractivity contribution in [3.8, 4) is 0 Å². The molecule has 34 heavy (non-hydrogen) atoms. The first kappa shape index (κ1) is 25.1. The average Bonchev–Trinajstić information content (AvgIpc) is 2.86. The summed E-state index contributed by atoms with van der Waals surface area (Å²) in [6.07, 6.45) is 0. The van der Waals surface area contributed by atoms with Gasteiger partial charge in [0.05, 0.1) is 11.4 Å². The van der Waals surface area contributed by atoms with Gasteiger partial charge in [0.2, 0.25) is 15.9 Å². The van der Waals surface area contributed by atoms with Gasteiger partial charge in [-0.2, -0.15) is 0 Å². The van der Waals surface area contributed by atoms with Gasteiger partial charge in [0.1, 0.15) is 0 Å². The fraction of sp³-hybridized carbons (Fsp3) is 0.231. The lowest BCUT2D eigenvalue weighted by Gasteiger charge is -2.21. The second kappa shape index (κ2) is 11.6. The molecule has 0 saturated carbocycles. The largest absolute Gasteiger partial charge is 0.343 e. The van der Waals surface area contributed by atoms with Crippen molar-refractivity contribution in [2.24, 2.45) is 0 Å². The van der Waals surface area contributed by atoms with Crippen LogP contribution in [0.2, 0.25) is 0 Å². The number of hydrogen-bond donors (Lipinski definition) is 2. The highest BCUT2D eigenvalue weighted by molar-refractivity contribution is 7.89. The van der Waals surface area contributed by atoms with E-state index in [-0.39, 0.29) is 29.5 Å². The van der Waals surface area contributed by atoms with Crippen molar-refractivity contribution in [3.63, 3.8) is 0 Å². The summed E-state index contributed by atoms with van der Waals surface area (Å²) in [5.74, 6) is -0.729. The number of carbonyl (C=O) groups is 2. The summed E-state index contributed by atoms with van der Waals surface area (Å²) in [6, 6.07) is 23.3. The van der Waals surface area contributed by atoms with Crippen molar-refractivity contribution >= 4 is 21.8 Å². The number of nitrogens with zero attached hydrogens (tertiary/aromatic N) is 1. The molecular weight excluding hydrogens is 450 g/mol. The lowest BCUT2D eigenvalue weighted by atomic mass is 10.1. The standard InChI is InChI=1S/C26H29N3O4S/c1-3-29(19-22-12-8-5-9-13-22)25(30)18-27-26(31)23-15-14-20(2)24(16-23)34(32,33)28-17-21-10-6-4-7-11-21/h4-16,28H,3,17-19H2,1-2H3,(H,27,31). The van der Waals surface area contributed by atoms with Gasteiger partial charge in [-0.15, -0.1) is 0 Å². The highest BCUT2D eigenvalue weighted by atomic mass is 32.2. The zero-order valence-electron chi connectivity index (χ0n) is 19.3. The maximum absolute atomic E-state index is 12.9. The molecule has 0 saturated heterocycles. The fourth-order valence-electron chi connectivity index (χ4n) is 3.43. The molecule has 0 unspecified atom stereocenters. The number of carbonyl (C=O) groups excluding carboxylic acids is 2. The normalized spacial score (nSPS) is 11.1. The first-order chi connectivity index (χ1) is 16.3. The van der Waals surface area contributed by atoms with E-state index < -0.39 is 15.9 Å². The number of sulfonamides is 1. The van der Waals surface area contributed by atoms with Gasteiger partial charge in [0.15, 0.2) is 0 Å². The van der Waals surface area contributed by atoms with Gasteiger partial charge in [-0.3, -0.25) is 9.59 Å². The molecule has 178 valence electrons. The van der Waals surface area contributed by atoms with Gasteiger partial charge >= 0.3 is 0 Å². The van der Waals surface area contributed by atoms with Gasteiger partial charge in [0, 0.05) is 25.2 Å². The molecule has 8 heteroatoms. The van der Waals surface area contributed by atoms with Crippen molar-refractivity contribution in [2.75, 3.05) is 13.1 Å². The smallest absolute Gasteiger partial charge is 0.251 e. The van der Waals surface area contributed by atoms with Crippen molar-refractivity contribution in [3.05, 3.63) is 101 Å². The van der Waals surface area contributed by atoms with E-state index in [4.69, 9.17) is 0 Å². The van der Waals surface area contributed by atoms with E-state index in [0.29, 0.717) is 18.7 Å². The zero-order chi connectivity index (χ0) is 24.6. The van der Waals surface area contributed by atoms with Gasteiger partial charge in [-0.1, -0.05) is 66.7 Å². The number of amides is 2. The third kappa shape index (κ3) is 6.76. The highest BCUT2D eigenvalue weighted by Gasteiger charge is 2.20. The number of rotatable bonds is 10. The zero-order valence-corrected chi connectivity index (χ0v) is 20.1. The average molecular weight is 480 g/mol. The molecule has 0 atom stereocenters. The van der Waals surface area contributed by atoms with E-state index in [1.54, 1.807) is 24.0 Å². The van der Waals surface area contributed by atoms with Crippen molar-refractivity contribution in [2.45, 2.75) is 31.8 Å². The Morgan fingerprint density at radius 2 is 1.50 bits per heavy atom. The molecule has 0 heterocycles. The van der Waals surface area contributed by atoms with Crippen LogP contribution in [0.5, 0.6) is 0 Å². The van der Waals surface area contributed by atoms with Gasteiger partial charge in [-0.05, 0) is 42.7 Å². The second-order valence-corrected chi connectivity index (χ2v) is 9.60. The van der Waals surface area contributed by atoms with Crippen LogP contribution in [0.1, 0.15) is 34.0 Å². The number of benzene rings is 3. The van der Waals surface area contributed by atoms with Gasteiger partial charge in [-0.25, -0.2) is 13.1 Å². The number of likely N-dealkylation sites (N-methyl/N-ethyl adjacent to an activating group) is 1. The lowest BCUT2D eigenvalue weighted by Crippen LogP contribution is -2.39. The maximum atomic E-state index is 12.9. The quantitative estimate of drug-likeness (QED) is 0.467. The maximum Gasteiger partial charge on any atom is 0.251 e. The molecular formula is C26H29N3O4S. The number of aryl methyl sites for hydroxylation is 1. The molecule has 0 aliphatic carbocycles. The minimum absolute atomic E-state index is 0.0293. The lowest BCUT2D eigenvalue weighted by molar-refractivity contribution is -0.130. The summed E-state index contributed by atoms with van der Waals surface area (Å²) in [5.41, 5.74) is 2.52. The monoisotopic (exact) mass is 479 g/mol. The Bertz CT molecular complexity index is 1230. The molecule has 7 nitrogen and oxygen atoms in total. The number of nitrogens with one attached hydrogen (secondary N) is 2. The van der Waals surface area contributed by atoms with Crippen molar-refractivity contribution in [1.82, 2.24) is 14.9 Å². The molecule has 3 rings (SSSR count). The van der Waals surface area contributed by atoms with Crippen LogP contribution in [-0.4, -0.2) is 38.2 Å². The summed E-state index contributed by atoms with van der Waals surface area (Å²) in [6.45, 7) is 4.46. The summed E-state index contributed by atoms with van der Waals surface area (Å²) >= 11 is 0. The van der Waals surface area contributed by atoms with Gasteiger partial charge in [0.25, 0.3) is 5.91 Å². The Kier molecular flexibility index (Phi) is 8.56. The summed E-state index contributed by atoms with van der Waals surface area (Å²) in [4.78, 5) is 27.0. The Labute approximate surface area is 200 Å². The first-order valence-electron chi connectivity index (χ1n) is 11.0. The fourth-order valence-corrected chi connectivity index (χ4v) is 4.72. The Morgan fingerprint density at radius 1 is 0.882 bits per heavy atom. The van der Waals surface area contributed by atoms with Crippen LogP contribution in [-0.2, 0) is 27.9 Å². The minimum Gasteiger partial charge on any atom is -0.343 e. The van der Waals surface area contributed by atoms with Crippen LogP contribution in [0, 0.1) is 6.92 Å². The molecule has 0 bridgehead atoms. The third-order valence-corrected chi connectivity index (χ3v) is 6.94. The van der Waals surface area contributed by atoms with E-state index >= 15 is 0 Å². The molecule has 0 radical (unpaired) electrons. The van der Waals surface area contributed by atoms with Crippen LogP contribution in [0.25, 0.3) is 0 Å². The predicted molar refractivity (Wildman–Crippen MR) is 132 cm³/mol. The molecule has 2 amide bonds. The second-order valence-electron chi connectivity index (χ2n) is 7.87. The molecule has 3 aromatic carbocycles. The molecule has 0 spiro atoms. The molecule has 3 aromatic rings. The minimum atomic E-state index is -3.83. The first-order valence-corrected chi connectivity index (χ1v) is 12.5. The van der Waals surface area contributed by atoms with Crippen molar-refractivity contribution in [1.29, 1.82) is 0 Å². The van der Waals surface area contributed by atoms with Gasteiger partial charge < -0.3 is 10.2 Å². The third-order valence-electron chi connectivity index (χ3n) is 5.40. The van der Waals surface area contributed by atoms with E-state index in [1.165, 1.54) is 6.07 Å². The summed E-state index contributed by atoms with van der Waals surface area (Å²) in [5, 5.41) is 2.61. The Balaban J connectivity index is 1.64. The molecule has 0 fully saturated rings. The SMILES string of the molecule is CCN(Cc1ccccc1)C(=O)CNC(=O)c1ccc(C)c(S(=O)(=O)NCc2ccccc2)c1. The highest BCUT2D eigenvalue weighted by Crippen LogP contribution is 2.18. The van der Waals surface area contributed by atoms with E-state index in [0.717, 1.165) is 11.1 Å². The number of hydrogen-bond acceptors (Lipinski definition) is 4. The Hall–Kier alpha value is -3.49. The van der Waals surface area contributed by atoms with Crippen molar-refractivity contribution < 1.29 is 18.0 Å². The summed E-state index contributed by atoms with van der Waals surface area (Å²) < 4.78 is 28.3. The predicted octanol–water partition coefficient (Wildman–Crippen LogP) is 3.25. The van der Waals surface area contributed by atoms with Crippen LogP contribution in [0.3, 0.4) is 0 Å². The summed E-state index contributed by atoms with van der Waals surface area (Å²) in [7, 11) is -3.83.